The first kappa shape index (κ1) is 14.6. The molecule has 0 spiro atoms. The number of carbonyl (C=O) groups excluding carboxylic acids is 1. The fraction of sp³-hybridized carbons (Fsp3) is 0.444. The van der Waals surface area contributed by atoms with Gasteiger partial charge in [-0.1, -0.05) is 17.3 Å². The molecule has 0 fully saturated rings. The Labute approximate surface area is 109 Å². The lowest BCUT2D eigenvalue weighted by Gasteiger charge is -2.17. The van der Waals surface area contributed by atoms with E-state index < -0.39 is 15.6 Å². The minimum atomic E-state index is -3.84. The van der Waals surface area contributed by atoms with Gasteiger partial charge < -0.3 is 5.32 Å². The van der Waals surface area contributed by atoms with E-state index in [1.807, 2.05) is 0 Å². The van der Waals surface area contributed by atoms with Crippen LogP contribution < -0.4 is 10.0 Å². The fourth-order valence-corrected chi connectivity index (χ4v) is 3.22. The van der Waals surface area contributed by atoms with Gasteiger partial charge in [-0.25, -0.2) is 8.42 Å². The molecule has 0 saturated heterocycles. The van der Waals surface area contributed by atoms with Crippen molar-refractivity contribution in [3.05, 3.63) is 0 Å². The molecule has 1 heterocycles. The molecule has 1 aromatic rings. The molecule has 1 amide bonds. The summed E-state index contributed by atoms with van der Waals surface area (Å²) in [4.78, 5) is 10.8. The Hall–Kier alpha value is -1.50. The van der Waals surface area contributed by atoms with Gasteiger partial charge in [-0.15, -0.1) is 16.6 Å². The van der Waals surface area contributed by atoms with E-state index >= 15 is 0 Å². The van der Waals surface area contributed by atoms with Crippen LogP contribution in [-0.4, -0.2) is 30.1 Å². The number of nitrogens with one attached hydrogen (secondary N) is 2. The van der Waals surface area contributed by atoms with Crippen LogP contribution in [0.2, 0.25) is 0 Å². The van der Waals surface area contributed by atoms with E-state index in [1.165, 1.54) is 6.92 Å². The molecule has 98 valence electrons. The van der Waals surface area contributed by atoms with Crippen LogP contribution in [0, 0.1) is 12.3 Å². The molecule has 2 N–H and O–H groups in total. The average Bonchev–Trinajstić information content (AvgIpc) is 2.64. The Bertz CT molecular complexity index is 598. The summed E-state index contributed by atoms with van der Waals surface area (Å²) in [6.07, 6.45) is 5.20. The summed E-state index contributed by atoms with van der Waals surface area (Å²) in [5.41, 5.74) is -1.03. The van der Waals surface area contributed by atoms with Gasteiger partial charge in [0, 0.05) is 6.92 Å². The predicted octanol–water partition coefficient (Wildman–Crippen LogP) is 0.187. The third-order valence-electron chi connectivity index (χ3n) is 1.67. The number of rotatable bonds is 4. The van der Waals surface area contributed by atoms with Gasteiger partial charge in [0.15, 0.2) is 0 Å². The molecule has 1 rings (SSSR count). The molecule has 0 aliphatic rings. The Morgan fingerprint density at radius 2 is 2.06 bits per heavy atom. The highest BCUT2D eigenvalue weighted by atomic mass is 32.2. The SMILES string of the molecule is C#CC(C)(C)NS(=O)(=O)c1nnc(NC(C)=O)s1. The van der Waals surface area contributed by atoms with E-state index in [0.29, 0.717) is 0 Å². The minimum Gasteiger partial charge on any atom is -0.301 e. The molecule has 9 heteroatoms. The quantitative estimate of drug-likeness (QED) is 0.608. The van der Waals surface area contributed by atoms with Crippen LogP contribution in [0.15, 0.2) is 4.34 Å². The highest BCUT2D eigenvalue weighted by Crippen LogP contribution is 2.20. The first-order valence-corrected chi connectivity index (χ1v) is 7.09. The summed E-state index contributed by atoms with van der Waals surface area (Å²) in [5, 5.41) is 9.50. The largest absolute Gasteiger partial charge is 0.301 e. The topological polar surface area (TPSA) is 101 Å². The molecular weight excluding hydrogens is 276 g/mol. The summed E-state index contributed by atoms with van der Waals surface area (Å²) < 4.78 is 25.8. The highest BCUT2D eigenvalue weighted by Gasteiger charge is 2.27. The molecule has 0 aliphatic carbocycles. The van der Waals surface area contributed by atoms with E-state index in [-0.39, 0.29) is 15.4 Å². The smallest absolute Gasteiger partial charge is 0.271 e. The molecule has 0 bridgehead atoms. The second-order valence-electron chi connectivity index (χ2n) is 3.93. The van der Waals surface area contributed by atoms with Crippen molar-refractivity contribution in [3.8, 4) is 12.3 Å². The van der Waals surface area contributed by atoms with E-state index in [9.17, 15) is 13.2 Å². The van der Waals surface area contributed by atoms with Crippen molar-refractivity contribution in [2.75, 3.05) is 5.32 Å². The average molecular weight is 288 g/mol. The molecule has 0 aliphatic heterocycles. The van der Waals surface area contributed by atoms with Crippen LogP contribution in [0.25, 0.3) is 0 Å². The molecular formula is C9H12N4O3S2. The van der Waals surface area contributed by atoms with Gasteiger partial charge >= 0.3 is 0 Å². The van der Waals surface area contributed by atoms with Gasteiger partial charge in [-0.2, -0.15) is 4.72 Å². The normalized spacial score (nSPS) is 11.9. The number of aromatic nitrogens is 2. The molecule has 0 unspecified atom stereocenters. The maximum Gasteiger partial charge on any atom is 0.271 e. The molecule has 1 aromatic heterocycles. The Kier molecular flexibility index (Phi) is 4.05. The van der Waals surface area contributed by atoms with Crippen molar-refractivity contribution in [1.29, 1.82) is 0 Å². The van der Waals surface area contributed by atoms with Crippen LogP contribution in [-0.2, 0) is 14.8 Å². The molecule has 0 aromatic carbocycles. The maximum absolute atomic E-state index is 11.9. The van der Waals surface area contributed by atoms with Gasteiger partial charge in [0.2, 0.25) is 15.4 Å². The van der Waals surface area contributed by atoms with E-state index in [2.05, 4.69) is 26.2 Å². The fourth-order valence-electron chi connectivity index (χ4n) is 0.928. The molecule has 18 heavy (non-hydrogen) atoms. The summed E-state index contributed by atoms with van der Waals surface area (Å²) in [6.45, 7) is 4.37. The van der Waals surface area contributed by atoms with Crippen LogP contribution in [0.3, 0.4) is 0 Å². The number of carbonyl (C=O) groups is 1. The molecule has 0 radical (unpaired) electrons. The lowest BCUT2D eigenvalue weighted by molar-refractivity contribution is -0.114. The van der Waals surface area contributed by atoms with Gasteiger partial charge in [0.05, 0.1) is 5.54 Å². The monoisotopic (exact) mass is 288 g/mol. The Morgan fingerprint density at radius 3 is 2.56 bits per heavy atom. The lowest BCUT2D eigenvalue weighted by Crippen LogP contribution is -2.41. The van der Waals surface area contributed by atoms with E-state index in [4.69, 9.17) is 6.42 Å². The second kappa shape index (κ2) is 5.01. The van der Waals surface area contributed by atoms with Crippen molar-refractivity contribution in [2.24, 2.45) is 0 Å². The number of nitrogens with zero attached hydrogens (tertiary/aromatic N) is 2. The summed E-state index contributed by atoms with van der Waals surface area (Å²) in [5.74, 6) is 1.95. The molecule has 0 saturated carbocycles. The van der Waals surface area contributed by atoms with Gasteiger partial charge in [-0.3, -0.25) is 4.79 Å². The second-order valence-corrected chi connectivity index (χ2v) is 6.76. The van der Waals surface area contributed by atoms with Crippen molar-refractivity contribution >= 4 is 32.4 Å². The first-order chi connectivity index (χ1) is 8.16. The zero-order chi connectivity index (χ0) is 14.0. The Morgan fingerprint density at radius 1 is 1.44 bits per heavy atom. The minimum absolute atomic E-state index is 0.112. The zero-order valence-electron chi connectivity index (χ0n) is 10.0. The number of amides is 1. The maximum atomic E-state index is 11.9. The summed E-state index contributed by atoms with van der Waals surface area (Å²) in [7, 11) is -3.84. The van der Waals surface area contributed by atoms with Crippen molar-refractivity contribution in [2.45, 2.75) is 30.6 Å². The molecule has 7 nitrogen and oxygen atoms in total. The van der Waals surface area contributed by atoms with Gasteiger partial charge in [0.1, 0.15) is 0 Å². The van der Waals surface area contributed by atoms with Crippen molar-refractivity contribution in [3.63, 3.8) is 0 Å². The van der Waals surface area contributed by atoms with E-state index in [0.717, 1.165) is 11.3 Å². The van der Waals surface area contributed by atoms with Crippen LogP contribution in [0.4, 0.5) is 5.13 Å². The standard InChI is InChI=1S/C9H12N4O3S2/c1-5-9(3,4)13-18(15,16)8-12-11-7(17-8)10-6(2)14/h1,13H,2-4H3,(H,10,11,14). The summed E-state index contributed by atoms with van der Waals surface area (Å²) in [6, 6.07) is 0. The lowest BCUT2D eigenvalue weighted by atomic mass is 10.1. The number of hydrogen-bond acceptors (Lipinski definition) is 6. The van der Waals surface area contributed by atoms with Crippen LogP contribution in [0.1, 0.15) is 20.8 Å². The van der Waals surface area contributed by atoms with Gasteiger partial charge in [-0.05, 0) is 13.8 Å². The third kappa shape index (κ3) is 3.76. The first-order valence-electron chi connectivity index (χ1n) is 4.79. The van der Waals surface area contributed by atoms with Gasteiger partial charge in [0.25, 0.3) is 10.0 Å². The molecule has 0 atom stereocenters. The number of sulfonamides is 1. The van der Waals surface area contributed by atoms with Crippen molar-refractivity contribution in [1.82, 2.24) is 14.9 Å². The van der Waals surface area contributed by atoms with Crippen molar-refractivity contribution < 1.29 is 13.2 Å². The third-order valence-corrected chi connectivity index (χ3v) is 4.53. The zero-order valence-corrected chi connectivity index (χ0v) is 11.6. The Balaban J connectivity index is 2.97. The highest BCUT2D eigenvalue weighted by molar-refractivity contribution is 7.91. The number of terminal acetylenes is 1. The summed E-state index contributed by atoms with van der Waals surface area (Å²) >= 11 is 0.746. The van der Waals surface area contributed by atoms with Crippen LogP contribution in [0.5, 0.6) is 0 Å². The predicted molar refractivity (Wildman–Crippen MR) is 67.4 cm³/mol. The number of hydrogen-bond donors (Lipinski definition) is 2. The number of anilines is 1. The van der Waals surface area contributed by atoms with Crippen LogP contribution >= 0.6 is 11.3 Å². The van der Waals surface area contributed by atoms with E-state index in [1.54, 1.807) is 13.8 Å².